The number of nitrogens with zero attached hydrogens (tertiary/aromatic N) is 3. The molecular weight excluding hydrogens is 534 g/mol. The summed E-state index contributed by atoms with van der Waals surface area (Å²) in [5, 5.41) is 19.3. The molecule has 234 valence electrons. The standard InChI is InChI=1S/C26H25N3O.C5H12O2.C4H10.C2H6/c1-15-6-9-20(18(4)12-15)24-27-25(21-10-7-16(2)13-19(21)5)29-26(28-24)22-11-8-17(3)14-23(22)30;1-3-5(6)4-7-2;1-3-4-2;1-2/h6-14,30H,1-5H3;5-6H,3-4H2,1-2H3;3-4H2,1-2H3;1-2H3. The van der Waals surface area contributed by atoms with Gasteiger partial charge in [-0.05, 0) is 69.9 Å². The van der Waals surface area contributed by atoms with Crippen LogP contribution in [0.4, 0.5) is 0 Å². The van der Waals surface area contributed by atoms with E-state index in [2.05, 4.69) is 70.5 Å². The fourth-order valence-corrected chi connectivity index (χ4v) is 4.01. The van der Waals surface area contributed by atoms with Crippen LogP contribution in [0.15, 0.2) is 54.6 Å². The number of aromatic nitrogens is 3. The van der Waals surface area contributed by atoms with E-state index in [1.54, 1.807) is 13.2 Å². The van der Waals surface area contributed by atoms with Crippen LogP contribution < -0.4 is 0 Å². The highest BCUT2D eigenvalue weighted by Crippen LogP contribution is 2.32. The molecule has 3 aromatic carbocycles. The van der Waals surface area contributed by atoms with E-state index in [4.69, 9.17) is 20.1 Å². The Kier molecular flexibility index (Phi) is 17.0. The van der Waals surface area contributed by atoms with E-state index in [0.29, 0.717) is 29.6 Å². The molecule has 0 bridgehead atoms. The lowest BCUT2D eigenvalue weighted by Crippen LogP contribution is -2.11. The van der Waals surface area contributed by atoms with Crippen molar-refractivity contribution in [3.63, 3.8) is 0 Å². The highest BCUT2D eigenvalue weighted by Gasteiger charge is 2.16. The second-order valence-electron chi connectivity index (χ2n) is 10.5. The average molecular weight is 588 g/mol. The van der Waals surface area contributed by atoms with Gasteiger partial charge in [-0.25, -0.2) is 15.0 Å². The molecule has 0 fully saturated rings. The van der Waals surface area contributed by atoms with Crippen molar-refractivity contribution in [2.24, 2.45) is 0 Å². The van der Waals surface area contributed by atoms with Crippen molar-refractivity contribution >= 4 is 0 Å². The van der Waals surface area contributed by atoms with Gasteiger partial charge in [-0.3, -0.25) is 0 Å². The van der Waals surface area contributed by atoms with Crippen LogP contribution in [-0.2, 0) is 4.74 Å². The summed E-state index contributed by atoms with van der Waals surface area (Å²) in [4.78, 5) is 14.3. The molecule has 1 aromatic heterocycles. The van der Waals surface area contributed by atoms with Gasteiger partial charge in [0.2, 0.25) is 0 Å². The number of aromatic hydroxyl groups is 1. The monoisotopic (exact) mass is 587 g/mol. The molecule has 4 aromatic rings. The summed E-state index contributed by atoms with van der Waals surface area (Å²) in [6.07, 6.45) is 3.14. The van der Waals surface area contributed by atoms with Gasteiger partial charge >= 0.3 is 0 Å². The molecule has 1 heterocycles. The average Bonchev–Trinajstić information content (AvgIpc) is 2.98. The third-order valence-electron chi connectivity index (χ3n) is 6.61. The first-order valence-electron chi connectivity index (χ1n) is 15.4. The van der Waals surface area contributed by atoms with E-state index < -0.39 is 0 Å². The fourth-order valence-electron chi connectivity index (χ4n) is 4.01. The SMILES string of the molecule is CC.CCC(O)COC.CCCC.Cc1ccc(-c2nc(-c3ccc(C)cc3C)nc(-c3ccc(C)cc3O)n2)c(C)c1. The first kappa shape index (κ1) is 37.4. The minimum atomic E-state index is -0.273. The van der Waals surface area contributed by atoms with Gasteiger partial charge in [-0.2, -0.15) is 0 Å². The molecule has 1 atom stereocenters. The number of hydrogen-bond acceptors (Lipinski definition) is 6. The third-order valence-corrected chi connectivity index (χ3v) is 6.61. The van der Waals surface area contributed by atoms with Crippen LogP contribution in [0.1, 0.15) is 81.7 Å². The molecule has 6 heteroatoms. The van der Waals surface area contributed by atoms with Crippen molar-refractivity contribution in [3.05, 3.63) is 82.4 Å². The Hall–Kier alpha value is -3.61. The first-order valence-corrected chi connectivity index (χ1v) is 15.4. The Morgan fingerprint density at radius 1 is 0.628 bits per heavy atom. The number of rotatable bonds is 7. The molecule has 0 spiro atoms. The molecule has 0 radical (unpaired) electrons. The number of ether oxygens (including phenoxy) is 1. The summed E-state index contributed by atoms with van der Waals surface area (Å²) in [5.74, 6) is 1.84. The number of methoxy groups -OCH3 is 1. The summed E-state index contributed by atoms with van der Waals surface area (Å²) in [6, 6.07) is 18.0. The van der Waals surface area contributed by atoms with E-state index >= 15 is 0 Å². The van der Waals surface area contributed by atoms with Crippen LogP contribution in [0.3, 0.4) is 0 Å². The third kappa shape index (κ3) is 11.9. The molecule has 0 aliphatic heterocycles. The second kappa shape index (κ2) is 19.6. The number of aryl methyl sites for hydroxylation is 5. The van der Waals surface area contributed by atoms with E-state index in [1.807, 2.05) is 52.0 Å². The van der Waals surface area contributed by atoms with Crippen LogP contribution >= 0.6 is 0 Å². The minimum absolute atomic E-state index is 0.166. The molecular formula is C37H53N3O3. The fraction of sp³-hybridized carbons (Fsp3) is 0.432. The zero-order valence-electron chi connectivity index (χ0n) is 28.2. The van der Waals surface area contributed by atoms with Crippen LogP contribution in [0.25, 0.3) is 34.2 Å². The maximum absolute atomic E-state index is 10.5. The van der Waals surface area contributed by atoms with E-state index in [-0.39, 0.29) is 11.9 Å². The predicted molar refractivity (Wildman–Crippen MR) is 182 cm³/mol. The topological polar surface area (TPSA) is 88.4 Å². The van der Waals surface area contributed by atoms with Gasteiger partial charge in [0, 0.05) is 18.2 Å². The Morgan fingerprint density at radius 2 is 1.00 bits per heavy atom. The number of unbranched alkanes of at least 4 members (excludes halogenated alkanes) is 1. The molecule has 0 saturated carbocycles. The summed E-state index contributed by atoms with van der Waals surface area (Å²) >= 11 is 0. The summed E-state index contributed by atoms with van der Waals surface area (Å²) in [5.41, 5.74) is 8.09. The minimum Gasteiger partial charge on any atom is -0.507 e. The molecule has 4 rings (SSSR count). The van der Waals surface area contributed by atoms with Gasteiger partial charge in [0.1, 0.15) is 5.75 Å². The molecule has 6 nitrogen and oxygen atoms in total. The summed E-state index contributed by atoms with van der Waals surface area (Å²) in [6.45, 7) is 20.9. The summed E-state index contributed by atoms with van der Waals surface area (Å²) in [7, 11) is 1.58. The number of phenols is 1. The van der Waals surface area contributed by atoms with E-state index in [1.165, 1.54) is 24.0 Å². The van der Waals surface area contributed by atoms with Crippen molar-refractivity contribution in [3.8, 4) is 39.9 Å². The van der Waals surface area contributed by atoms with Crippen LogP contribution in [-0.4, -0.2) is 45.0 Å². The number of hydrogen-bond donors (Lipinski definition) is 2. The number of aliphatic hydroxyl groups is 1. The predicted octanol–water partition coefficient (Wildman–Crippen LogP) is 9.36. The molecule has 0 aliphatic rings. The number of aliphatic hydroxyl groups excluding tert-OH is 1. The van der Waals surface area contributed by atoms with Crippen LogP contribution in [0.2, 0.25) is 0 Å². The van der Waals surface area contributed by atoms with Crippen LogP contribution in [0.5, 0.6) is 5.75 Å². The van der Waals surface area contributed by atoms with Crippen LogP contribution in [0, 0.1) is 34.6 Å². The molecule has 1 unspecified atom stereocenters. The lowest BCUT2D eigenvalue weighted by molar-refractivity contribution is 0.0625. The molecule has 2 N–H and O–H groups in total. The Labute approximate surface area is 260 Å². The van der Waals surface area contributed by atoms with Crippen molar-refractivity contribution in [2.75, 3.05) is 13.7 Å². The Bertz CT molecular complexity index is 1230. The van der Waals surface area contributed by atoms with Gasteiger partial charge in [0.05, 0.1) is 18.3 Å². The zero-order valence-corrected chi connectivity index (χ0v) is 28.2. The largest absolute Gasteiger partial charge is 0.507 e. The van der Waals surface area contributed by atoms with Gasteiger partial charge in [0.15, 0.2) is 17.5 Å². The summed E-state index contributed by atoms with van der Waals surface area (Å²) < 4.78 is 4.64. The van der Waals surface area contributed by atoms with Crippen molar-refractivity contribution < 1.29 is 14.9 Å². The van der Waals surface area contributed by atoms with E-state index in [9.17, 15) is 5.11 Å². The number of phenolic OH excluding ortho intramolecular Hbond substituents is 1. The van der Waals surface area contributed by atoms with Crippen molar-refractivity contribution in [2.45, 2.75) is 94.6 Å². The maximum Gasteiger partial charge on any atom is 0.167 e. The van der Waals surface area contributed by atoms with Gasteiger partial charge in [-0.1, -0.05) is 101 Å². The van der Waals surface area contributed by atoms with E-state index in [0.717, 1.165) is 34.2 Å². The highest BCUT2D eigenvalue weighted by molar-refractivity contribution is 5.72. The molecule has 0 aliphatic carbocycles. The Balaban J connectivity index is 0.000000603. The normalized spacial score (nSPS) is 10.8. The van der Waals surface area contributed by atoms with Crippen molar-refractivity contribution in [1.29, 1.82) is 0 Å². The smallest absolute Gasteiger partial charge is 0.167 e. The molecule has 0 amide bonds. The van der Waals surface area contributed by atoms with Gasteiger partial charge < -0.3 is 14.9 Å². The maximum atomic E-state index is 10.5. The van der Waals surface area contributed by atoms with Gasteiger partial charge in [-0.15, -0.1) is 0 Å². The molecule has 0 saturated heterocycles. The highest BCUT2D eigenvalue weighted by atomic mass is 16.5. The quantitative estimate of drug-likeness (QED) is 0.224. The number of benzene rings is 3. The van der Waals surface area contributed by atoms with Gasteiger partial charge in [0.25, 0.3) is 0 Å². The second-order valence-corrected chi connectivity index (χ2v) is 10.5. The molecule has 43 heavy (non-hydrogen) atoms. The lowest BCUT2D eigenvalue weighted by Gasteiger charge is -2.12. The lowest BCUT2D eigenvalue weighted by atomic mass is 10.0. The van der Waals surface area contributed by atoms with Crippen molar-refractivity contribution in [1.82, 2.24) is 15.0 Å². The first-order chi connectivity index (χ1) is 20.5. The Morgan fingerprint density at radius 3 is 1.30 bits per heavy atom. The zero-order chi connectivity index (χ0) is 32.5.